The van der Waals surface area contributed by atoms with Crippen LogP contribution in [0.5, 0.6) is 0 Å². The third-order valence-electron chi connectivity index (χ3n) is 4.03. The summed E-state index contributed by atoms with van der Waals surface area (Å²) in [6.45, 7) is 3.87. The molecule has 5 heteroatoms. The summed E-state index contributed by atoms with van der Waals surface area (Å²) in [5, 5.41) is 0.306. The van der Waals surface area contributed by atoms with Crippen LogP contribution in [0.2, 0.25) is 0 Å². The second-order valence-electron chi connectivity index (χ2n) is 5.42. The first kappa shape index (κ1) is 14.8. The molecule has 1 aliphatic carbocycles. The van der Waals surface area contributed by atoms with Gasteiger partial charge in [0.15, 0.2) is 0 Å². The van der Waals surface area contributed by atoms with E-state index >= 15 is 0 Å². The van der Waals surface area contributed by atoms with Gasteiger partial charge >= 0.3 is 6.18 Å². The molecule has 0 bridgehead atoms. The smallest absolute Gasteiger partial charge is 0.245 e. The van der Waals surface area contributed by atoms with Crippen LogP contribution in [0.1, 0.15) is 61.0 Å². The van der Waals surface area contributed by atoms with E-state index in [2.05, 4.69) is 4.98 Å². The molecule has 108 valence electrons. The lowest BCUT2D eigenvalue weighted by Crippen LogP contribution is -2.43. The lowest BCUT2D eigenvalue weighted by molar-refractivity contribution is -0.199. The fourth-order valence-corrected chi connectivity index (χ4v) is 4.30. The number of hydrogen-bond donors (Lipinski definition) is 0. The predicted octanol–water partition coefficient (Wildman–Crippen LogP) is 5.17. The largest absolute Gasteiger partial charge is 0.400 e. The van der Waals surface area contributed by atoms with Gasteiger partial charge in [-0.05, 0) is 26.2 Å². The molecular formula is C14H20F3NS. The highest BCUT2D eigenvalue weighted by atomic mass is 32.1. The molecule has 1 aromatic heterocycles. The Balaban J connectivity index is 2.41. The van der Waals surface area contributed by atoms with Gasteiger partial charge < -0.3 is 0 Å². The molecule has 1 fully saturated rings. The Morgan fingerprint density at radius 1 is 1.21 bits per heavy atom. The van der Waals surface area contributed by atoms with Crippen molar-refractivity contribution in [2.24, 2.45) is 0 Å². The first-order valence-corrected chi connectivity index (χ1v) is 7.76. The number of thiazole rings is 1. The van der Waals surface area contributed by atoms with E-state index in [1.807, 2.05) is 13.8 Å². The highest BCUT2D eigenvalue weighted by Gasteiger charge is 2.57. The maximum Gasteiger partial charge on any atom is 0.400 e. The molecular weight excluding hydrogens is 271 g/mol. The van der Waals surface area contributed by atoms with Crippen LogP contribution in [0.3, 0.4) is 0 Å². The molecule has 0 spiro atoms. The van der Waals surface area contributed by atoms with E-state index < -0.39 is 11.6 Å². The molecule has 0 aliphatic heterocycles. The highest BCUT2D eigenvalue weighted by Crippen LogP contribution is 2.52. The van der Waals surface area contributed by atoms with Crippen LogP contribution >= 0.6 is 11.3 Å². The summed E-state index contributed by atoms with van der Waals surface area (Å²) in [6.07, 6.45) is 0.219. The van der Waals surface area contributed by atoms with E-state index in [4.69, 9.17) is 0 Å². The number of hydrogen-bond acceptors (Lipinski definition) is 2. The summed E-state index contributed by atoms with van der Waals surface area (Å²) in [5.41, 5.74) is -0.886. The first-order chi connectivity index (χ1) is 8.90. The lowest BCUT2D eigenvalue weighted by atomic mass is 9.74. The zero-order valence-corrected chi connectivity index (χ0v) is 12.3. The number of aromatic nitrogens is 1. The van der Waals surface area contributed by atoms with Crippen molar-refractivity contribution in [2.45, 2.75) is 70.4 Å². The number of aryl methyl sites for hydroxylation is 2. The van der Waals surface area contributed by atoms with Gasteiger partial charge in [0.25, 0.3) is 0 Å². The van der Waals surface area contributed by atoms with Gasteiger partial charge in [-0.3, -0.25) is 0 Å². The molecule has 0 unspecified atom stereocenters. The van der Waals surface area contributed by atoms with Crippen molar-refractivity contribution >= 4 is 11.3 Å². The van der Waals surface area contributed by atoms with Crippen molar-refractivity contribution in [2.75, 3.05) is 0 Å². The highest BCUT2D eigenvalue weighted by molar-refractivity contribution is 7.11. The topological polar surface area (TPSA) is 12.9 Å². The van der Waals surface area contributed by atoms with Gasteiger partial charge in [-0.2, -0.15) is 13.2 Å². The molecule has 0 aromatic carbocycles. The van der Waals surface area contributed by atoms with Crippen LogP contribution in [0.25, 0.3) is 0 Å². The van der Waals surface area contributed by atoms with Gasteiger partial charge in [0, 0.05) is 4.88 Å². The second kappa shape index (κ2) is 5.43. The quantitative estimate of drug-likeness (QED) is 0.749. The van der Waals surface area contributed by atoms with Crippen LogP contribution in [0, 0.1) is 6.92 Å². The second-order valence-corrected chi connectivity index (χ2v) is 6.50. The third kappa shape index (κ3) is 2.67. The van der Waals surface area contributed by atoms with Crippen LogP contribution in [0.4, 0.5) is 13.2 Å². The van der Waals surface area contributed by atoms with Crippen molar-refractivity contribution in [1.29, 1.82) is 0 Å². The first-order valence-electron chi connectivity index (χ1n) is 6.94. The molecule has 1 saturated carbocycles. The summed E-state index contributed by atoms with van der Waals surface area (Å²) in [6, 6.07) is 0. The number of halogens is 3. The Bertz CT molecular complexity index is 430. The Hall–Kier alpha value is -0.580. The molecule has 0 radical (unpaired) electrons. The fraction of sp³-hybridized carbons (Fsp3) is 0.786. The maximum atomic E-state index is 13.6. The fourth-order valence-electron chi connectivity index (χ4n) is 2.87. The molecule has 0 saturated heterocycles. The van der Waals surface area contributed by atoms with Crippen molar-refractivity contribution in [3.63, 3.8) is 0 Å². The van der Waals surface area contributed by atoms with Gasteiger partial charge in [0.1, 0.15) is 10.4 Å². The summed E-state index contributed by atoms with van der Waals surface area (Å²) < 4.78 is 40.7. The number of rotatable bonds is 3. The Kier molecular flexibility index (Phi) is 4.23. The van der Waals surface area contributed by atoms with Crippen molar-refractivity contribution < 1.29 is 13.2 Å². The van der Waals surface area contributed by atoms with Crippen LogP contribution in [0.15, 0.2) is 0 Å². The molecule has 0 N–H and O–H groups in total. The molecule has 0 amide bonds. The van der Waals surface area contributed by atoms with Gasteiger partial charge in [0.2, 0.25) is 0 Å². The van der Waals surface area contributed by atoms with Gasteiger partial charge in [-0.25, -0.2) is 4.98 Å². The van der Waals surface area contributed by atoms with E-state index in [1.54, 1.807) is 0 Å². The van der Waals surface area contributed by atoms with E-state index in [1.165, 1.54) is 11.3 Å². The number of alkyl halides is 3. The maximum absolute atomic E-state index is 13.6. The average Bonchev–Trinajstić information content (AvgIpc) is 2.71. The minimum absolute atomic E-state index is 0.203. The number of nitrogens with zero attached hydrogens (tertiary/aromatic N) is 1. The Labute approximate surface area is 116 Å². The van der Waals surface area contributed by atoms with Crippen LogP contribution < -0.4 is 0 Å². The minimum Gasteiger partial charge on any atom is -0.245 e. The van der Waals surface area contributed by atoms with E-state index in [-0.39, 0.29) is 12.8 Å². The third-order valence-corrected chi connectivity index (χ3v) is 5.45. The monoisotopic (exact) mass is 291 g/mol. The van der Waals surface area contributed by atoms with E-state index in [9.17, 15) is 13.2 Å². The molecule has 19 heavy (non-hydrogen) atoms. The van der Waals surface area contributed by atoms with Crippen molar-refractivity contribution in [3.8, 4) is 0 Å². The molecule has 1 heterocycles. The minimum atomic E-state index is -4.18. The van der Waals surface area contributed by atoms with Gasteiger partial charge in [-0.15, -0.1) is 11.3 Å². The standard InChI is InChI=1S/C14H20F3NS/c1-3-7-11-10(2)18-12(19-11)13(14(15,16)17)8-5-4-6-9-13/h3-9H2,1-2H3. The van der Waals surface area contributed by atoms with Gasteiger partial charge in [0.05, 0.1) is 5.69 Å². The van der Waals surface area contributed by atoms with Crippen molar-refractivity contribution in [3.05, 3.63) is 15.6 Å². The summed E-state index contributed by atoms with van der Waals surface area (Å²) in [5.74, 6) is 0. The average molecular weight is 291 g/mol. The lowest BCUT2D eigenvalue weighted by Gasteiger charge is -2.37. The Morgan fingerprint density at radius 3 is 2.37 bits per heavy atom. The summed E-state index contributed by atoms with van der Waals surface area (Å²) in [7, 11) is 0. The Morgan fingerprint density at radius 2 is 1.84 bits per heavy atom. The summed E-state index contributed by atoms with van der Waals surface area (Å²) in [4.78, 5) is 5.31. The van der Waals surface area contributed by atoms with E-state index in [0.29, 0.717) is 17.8 Å². The van der Waals surface area contributed by atoms with Gasteiger partial charge in [-0.1, -0.05) is 32.6 Å². The van der Waals surface area contributed by atoms with Crippen LogP contribution in [-0.4, -0.2) is 11.2 Å². The van der Waals surface area contributed by atoms with E-state index in [0.717, 1.165) is 29.8 Å². The molecule has 1 aromatic rings. The molecule has 2 rings (SSSR count). The zero-order valence-electron chi connectivity index (χ0n) is 11.4. The predicted molar refractivity (Wildman–Crippen MR) is 71.7 cm³/mol. The zero-order chi connectivity index (χ0) is 14.1. The van der Waals surface area contributed by atoms with Crippen LogP contribution in [-0.2, 0) is 11.8 Å². The summed E-state index contributed by atoms with van der Waals surface area (Å²) >= 11 is 1.29. The molecule has 0 atom stereocenters. The SMILES string of the molecule is CCCc1sc(C2(C(F)(F)F)CCCCC2)nc1C. The molecule has 1 aliphatic rings. The normalized spacial score (nSPS) is 19.6. The molecule has 1 nitrogen and oxygen atoms in total. The van der Waals surface area contributed by atoms with Crippen molar-refractivity contribution in [1.82, 2.24) is 4.98 Å².